The smallest absolute Gasteiger partial charge is 0.221 e. The largest absolute Gasteiger partial charge is 0.494 e. The van der Waals surface area contributed by atoms with E-state index >= 15 is 0 Å². The molecule has 136 valence electrons. The van der Waals surface area contributed by atoms with Crippen LogP contribution in [0.4, 0.5) is 5.69 Å². The molecule has 0 radical (unpaired) electrons. The van der Waals surface area contributed by atoms with Gasteiger partial charge in [0.2, 0.25) is 5.91 Å². The Morgan fingerprint density at radius 3 is 2.58 bits per heavy atom. The Hall–Kier alpha value is -2.43. The van der Waals surface area contributed by atoms with E-state index in [9.17, 15) is 14.4 Å². The zero-order valence-corrected chi connectivity index (χ0v) is 14.9. The van der Waals surface area contributed by atoms with Gasteiger partial charge in [-0.25, -0.2) is 0 Å². The number of allylic oxidation sites excluding steroid dienone is 2. The van der Waals surface area contributed by atoms with E-state index in [1.807, 2.05) is 24.3 Å². The highest BCUT2D eigenvalue weighted by Crippen LogP contribution is 2.48. The lowest BCUT2D eigenvalue weighted by molar-refractivity contribution is -0.133. The van der Waals surface area contributed by atoms with Crippen LogP contribution >= 0.6 is 0 Å². The molecule has 1 amide bonds. The van der Waals surface area contributed by atoms with E-state index < -0.39 is 0 Å². The number of carbonyl (C=O) groups excluding carboxylic acids is 3. The van der Waals surface area contributed by atoms with Crippen LogP contribution in [-0.2, 0) is 19.1 Å². The Bertz CT molecular complexity index is 793. The van der Waals surface area contributed by atoms with E-state index in [2.05, 4.69) is 5.32 Å². The summed E-state index contributed by atoms with van der Waals surface area (Å²) >= 11 is 0. The maximum atomic E-state index is 12.7. The van der Waals surface area contributed by atoms with Crippen LogP contribution in [0.15, 0.2) is 35.6 Å². The van der Waals surface area contributed by atoms with Gasteiger partial charge in [-0.1, -0.05) is 12.1 Å². The first kappa shape index (κ1) is 17.0. The zero-order valence-electron chi connectivity index (χ0n) is 14.9. The summed E-state index contributed by atoms with van der Waals surface area (Å²) in [6.07, 6.45) is 4.26. The molecule has 0 spiro atoms. The van der Waals surface area contributed by atoms with Crippen LogP contribution in [-0.4, -0.2) is 23.6 Å². The van der Waals surface area contributed by atoms with Gasteiger partial charge in [0.05, 0.1) is 5.92 Å². The van der Waals surface area contributed by atoms with Crippen molar-refractivity contribution in [3.8, 4) is 0 Å². The maximum Gasteiger partial charge on any atom is 0.221 e. The molecule has 1 fully saturated rings. The van der Waals surface area contributed by atoms with Crippen molar-refractivity contribution in [1.82, 2.24) is 0 Å². The van der Waals surface area contributed by atoms with E-state index in [1.54, 1.807) is 0 Å². The number of carbonyl (C=O) groups is 3. The number of Topliss-reactive ketones (excluding diaryl/α,β-unsaturated/α-hetero) is 2. The van der Waals surface area contributed by atoms with Gasteiger partial charge in [-0.2, -0.15) is 0 Å². The summed E-state index contributed by atoms with van der Waals surface area (Å²) in [4.78, 5) is 36.7. The van der Waals surface area contributed by atoms with E-state index in [0.717, 1.165) is 37.0 Å². The SMILES string of the molecule is CC(=O)Nc1ccc([C@@H]2C3=C(CCCC3=O)O[C@@H]3CCCC(=O)[C@H]32)cc1. The van der Waals surface area contributed by atoms with Gasteiger partial charge in [0.25, 0.3) is 0 Å². The van der Waals surface area contributed by atoms with Crippen molar-refractivity contribution >= 4 is 23.2 Å². The molecule has 5 nitrogen and oxygen atoms in total. The second-order valence-corrected chi connectivity index (χ2v) is 7.44. The molecule has 1 saturated carbocycles. The molecule has 3 atom stereocenters. The predicted octanol–water partition coefficient (Wildman–Crippen LogP) is 3.50. The van der Waals surface area contributed by atoms with E-state index in [0.29, 0.717) is 24.1 Å². The zero-order chi connectivity index (χ0) is 18.3. The third kappa shape index (κ3) is 2.96. The van der Waals surface area contributed by atoms with Crippen molar-refractivity contribution in [1.29, 1.82) is 0 Å². The topological polar surface area (TPSA) is 72.5 Å². The number of nitrogens with one attached hydrogen (secondary N) is 1. The van der Waals surface area contributed by atoms with Crippen LogP contribution in [0.25, 0.3) is 0 Å². The average molecular weight is 353 g/mol. The molecule has 0 aromatic heterocycles. The van der Waals surface area contributed by atoms with Crippen LogP contribution in [0.3, 0.4) is 0 Å². The summed E-state index contributed by atoms with van der Waals surface area (Å²) in [6, 6.07) is 7.52. The van der Waals surface area contributed by atoms with Gasteiger partial charge < -0.3 is 10.1 Å². The van der Waals surface area contributed by atoms with E-state index in [1.165, 1.54) is 6.92 Å². The number of anilines is 1. The minimum atomic E-state index is -0.281. The number of hydrogen-bond donors (Lipinski definition) is 1. The Morgan fingerprint density at radius 1 is 1.08 bits per heavy atom. The first-order chi connectivity index (χ1) is 12.5. The second-order valence-electron chi connectivity index (χ2n) is 7.44. The summed E-state index contributed by atoms with van der Waals surface area (Å²) in [7, 11) is 0. The first-order valence-electron chi connectivity index (χ1n) is 9.38. The van der Waals surface area contributed by atoms with Crippen molar-refractivity contribution in [2.24, 2.45) is 5.92 Å². The molecular weight excluding hydrogens is 330 g/mol. The summed E-state index contributed by atoms with van der Waals surface area (Å²) in [5.74, 6) is 0.472. The normalized spacial score (nSPS) is 28.1. The predicted molar refractivity (Wildman–Crippen MR) is 96.6 cm³/mol. The van der Waals surface area contributed by atoms with Gasteiger partial charge >= 0.3 is 0 Å². The number of benzene rings is 1. The molecule has 2 aliphatic carbocycles. The molecule has 0 saturated heterocycles. The van der Waals surface area contributed by atoms with Crippen molar-refractivity contribution in [3.05, 3.63) is 41.2 Å². The van der Waals surface area contributed by atoms with Crippen LogP contribution < -0.4 is 5.32 Å². The number of rotatable bonds is 2. The van der Waals surface area contributed by atoms with Gasteiger partial charge in [0.1, 0.15) is 17.6 Å². The lowest BCUT2D eigenvalue weighted by Crippen LogP contribution is -2.44. The number of amides is 1. The highest BCUT2D eigenvalue weighted by Gasteiger charge is 2.48. The molecule has 0 unspecified atom stereocenters. The maximum absolute atomic E-state index is 12.7. The lowest BCUT2D eigenvalue weighted by Gasteiger charge is -2.43. The highest BCUT2D eigenvalue weighted by molar-refractivity contribution is 6.00. The molecule has 4 rings (SSSR count). The quantitative estimate of drug-likeness (QED) is 0.883. The third-order valence-corrected chi connectivity index (χ3v) is 5.65. The monoisotopic (exact) mass is 353 g/mol. The van der Waals surface area contributed by atoms with Gasteiger partial charge in [-0.15, -0.1) is 0 Å². The van der Waals surface area contributed by atoms with Crippen LogP contribution in [0.5, 0.6) is 0 Å². The molecule has 5 heteroatoms. The fraction of sp³-hybridized carbons (Fsp3) is 0.476. The minimum absolute atomic E-state index is 0.110. The standard InChI is InChI=1S/C21H23NO4/c1-12(23)22-14-10-8-13(9-11-14)19-20-15(24)4-2-6-17(20)26-18-7-3-5-16(25)21(18)19/h8-11,17,19-20H,2-7H2,1H3,(H,22,23)/t17-,19+,20-/m1/s1. The van der Waals surface area contributed by atoms with Crippen molar-refractivity contribution < 1.29 is 19.1 Å². The lowest BCUT2D eigenvalue weighted by atomic mass is 9.67. The molecule has 26 heavy (non-hydrogen) atoms. The Balaban J connectivity index is 1.77. The fourth-order valence-electron chi connectivity index (χ4n) is 4.58. The van der Waals surface area contributed by atoms with Gasteiger partial charge in [-0.3, -0.25) is 14.4 Å². The molecule has 1 aromatic rings. The molecule has 1 heterocycles. The number of fused-ring (bicyclic) bond motifs is 1. The van der Waals surface area contributed by atoms with Crippen LogP contribution in [0.2, 0.25) is 0 Å². The Labute approximate surface area is 152 Å². The third-order valence-electron chi connectivity index (χ3n) is 5.65. The Kier molecular flexibility index (Phi) is 4.39. The molecule has 0 bridgehead atoms. The number of ketones is 2. The minimum Gasteiger partial charge on any atom is -0.494 e. The van der Waals surface area contributed by atoms with Crippen LogP contribution in [0.1, 0.15) is 56.9 Å². The fourth-order valence-corrected chi connectivity index (χ4v) is 4.58. The summed E-state index contributed by atoms with van der Waals surface area (Å²) in [6.45, 7) is 1.47. The van der Waals surface area contributed by atoms with E-state index in [4.69, 9.17) is 4.74 Å². The summed E-state index contributed by atoms with van der Waals surface area (Å²) in [5, 5.41) is 2.76. The van der Waals surface area contributed by atoms with E-state index in [-0.39, 0.29) is 35.4 Å². The average Bonchev–Trinajstić information content (AvgIpc) is 2.61. The Morgan fingerprint density at radius 2 is 1.85 bits per heavy atom. The van der Waals surface area contributed by atoms with Gasteiger partial charge in [-0.05, 0) is 37.0 Å². The summed E-state index contributed by atoms with van der Waals surface area (Å²) in [5.41, 5.74) is 2.37. The van der Waals surface area contributed by atoms with Crippen molar-refractivity contribution in [2.75, 3.05) is 5.32 Å². The molecule has 1 N–H and O–H groups in total. The van der Waals surface area contributed by atoms with Gasteiger partial charge in [0, 0.05) is 43.4 Å². The number of hydrogen-bond acceptors (Lipinski definition) is 4. The van der Waals surface area contributed by atoms with Crippen LogP contribution in [0, 0.1) is 5.92 Å². The van der Waals surface area contributed by atoms with Crippen molar-refractivity contribution in [2.45, 2.75) is 57.5 Å². The molecule has 1 aliphatic heterocycles. The van der Waals surface area contributed by atoms with Crippen molar-refractivity contribution in [3.63, 3.8) is 0 Å². The molecule has 1 aromatic carbocycles. The molecular formula is C21H23NO4. The first-order valence-corrected chi connectivity index (χ1v) is 9.38. The van der Waals surface area contributed by atoms with Gasteiger partial charge in [0.15, 0.2) is 5.78 Å². The number of ether oxygens (including phenoxy) is 1. The summed E-state index contributed by atoms with van der Waals surface area (Å²) < 4.78 is 6.14. The second kappa shape index (κ2) is 6.71. The molecule has 3 aliphatic rings. The highest BCUT2D eigenvalue weighted by atomic mass is 16.5.